The van der Waals surface area contributed by atoms with Crippen LogP contribution in [0.15, 0.2) is 40.9 Å². The molecule has 3 rings (SSSR count). The van der Waals surface area contributed by atoms with Gasteiger partial charge in [0.15, 0.2) is 0 Å². The highest BCUT2D eigenvalue weighted by molar-refractivity contribution is 7.89. The predicted molar refractivity (Wildman–Crippen MR) is 120 cm³/mol. The van der Waals surface area contributed by atoms with Crippen LogP contribution in [-0.2, 0) is 15.8 Å². The summed E-state index contributed by atoms with van der Waals surface area (Å²) in [5.74, 6) is 0.493. The second-order valence-electron chi connectivity index (χ2n) is 7.98. The van der Waals surface area contributed by atoms with Crippen LogP contribution < -0.4 is 21.1 Å². The standard InChI is InChI=1S/C21H27N5O4S/c1-4-9-23-17-11-14(8-10-24-17)20(27)25-21(2,3)13-30-16-7-5-6-15-12-31(28,29)26-19(22)18(15)16/h5-8,10-11H,4,9,12-13H2,1-3H3,(H2,22,26)(H,23,24)(H,25,27). The number of hydrogen-bond acceptors (Lipinski definition) is 7. The van der Waals surface area contributed by atoms with Crippen molar-refractivity contribution in [2.45, 2.75) is 38.5 Å². The second-order valence-corrected chi connectivity index (χ2v) is 9.61. The third kappa shape index (κ3) is 5.72. The van der Waals surface area contributed by atoms with Gasteiger partial charge in [0.25, 0.3) is 15.9 Å². The van der Waals surface area contributed by atoms with Gasteiger partial charge >= 0.3 is 0 Å². The van der Waals surface area contributed by atoms with Crippen molar-refractivity contribution in [1.29, 1.82) is 0 Å². The zero-order chi connectivity index (χ0) is 22.6. The molecule has 9 nitrogen and oxygen atoms in total. The van der Waals surface area contributed by atoms with Gasteiger partial charge in [0.1, 0.15) is 24.0 Å². The molecular formula is C21H27N5O4S. The number of benzene rings is 1. The van der Waals surface area contributed by atoms with E-state index in [1.165, 1.54) is 0 Å². The molecule has 166 valence electrons. The smallest absolute Gasteiger partial charge is 0.259 e. The van der Waals surface area contributed by atoms with Gasteiger partial charge in [0.05, 0.1) is 16.9 Å². The summed E-state index contributed by atoms with van der Waals surface area (Å²) in [5.41, 5.74) is 6.66. The van der Waals surface area contributed by atoms with E-state index in [9.17, 15) is 13.2 Å². The molecule has 1 aliphatic rings. The van der Waals surface area contributed by atoms with Crippen LogP contribution >= 0.6 is 0 Å². The van der Waals surface area contributed by atoms with E-state index in [1.54, 1.807) is 36.5 Å². The Kier molecular flexibility index (Phi) is 6.49. The van der Waals surface area contributed by atoms with Gasteiger partial charge in [0.2, 0.25) is 0 Å². The number of carbonyl (C=O) groups excluding carboxylic acids is 1. The van der Waals surface area contributed by atoms with Crippen molar-refractivity contribution in [3.63, 3.8) is 0 Å². The molecule has 0 fully saturated rings. The van der Waals surface area contributed by atoms with Crippen LogP contribution in [0.4, 0.5) is 5.82 Å². The Morgan fingerprint density at radius 2 is 2.06 bits per heavy atom. The molecule has 1 aromatic heterocycles. The Hall–Kier alpha value is -3.14. The SMILES string of the molecule is CCCNc1cc(C(=O)NC(C)(C)COc2cccc3c2C(N)=NS(=O)(=O)C3)ccn1. The number of nitrogens with two attached hydrogens (primary N) is 1. The minimum Gasteiger partial charge on any atom is -0.490 e. The van der Waals surface area contributed by atoms with Gasteiger partial charge in [-0.15, -0.1) is 4.40 Å². The van der Waals surface area contributed by atoms with Crippen molar-refractivity contribution < 1.29 is 17.9 Å². The Labute approximate surface area is 182 Å². The van der Waals surface area contributed by atoms with E-state index < -0.39 is 15.6 Å². The number of anilines is 1. The Morgan fingerprint density at radius 3 is 2.81 bits per heavy atom. The number of carbonyl (C=O) groups is 1. The largest absolute Gasteiger partial charge is 0.490 e. The summed E-state index contributed by atoms with van der Waals surface area (Å²) in [6.07, 6.45) is 2.54. The number of sulfonamides is 1. The second kappa shape index (κ2) is 8.93. The highest BCUT2D eigenvalue weighted by Gasteiger charge is 2.27. The van der Waals surface area contributed by atoms with Gasteiger partial charge in [0, 0.05) is 18.3 Å². The lowest BCUT2D eigenvalue weighted by molar-refractivity contribution is 0.0880. The first kappa shape index (κ1) is 22.5. The first-order valence-electron chi connectivity index (χ1n) is 9.96. The number of amides is 1. The van der Waals surface area contributed by atoms with Crippen LogP contribution in [0.3, 0.4) is 0 Å². The summed E-state index contributed by atoms with van der Waals surface area (Å²) in [5, 5.41) is 6.11. The minimum atomic E-state index is -3.62. The summed E-state index contributed by atoms with van der Waals surface area (Å²) in [6, 6.07) is 8.44. The van der Waals surface area contributed by atoms with E-state index in [2.05, 4.69) is 20.0 Å². The molecule has 0 saturated carbocycles. The summed E-state index contributed by atoms with van der Waals surface area (Å²) < 4.78 is 33.2. The van der Waals surface area contributed by atoms with Gasteiger partial charge in [-0.2, -0.15) is 0 Å². The van der Waals surface area contributed by atoms with Crippen LogP contribution in [0.25, 0.3) is 0 Å². The van der Waals surface area contributed by atoms with Crippen LogP contribution in [0.2, 0.25) is 0 Å². The fourth-order valence-electron chi connectivity index (χ4n) is 3.13. The van der Waals surface area contributed by atoms with Gasteiger partial charge < -0.3 is 21.1 Å². The average molecular weight is 446 g/mol. The molecular weight excluding hydrogens is 418 g/mol. The molecule has 2 heterocycles. The molecule has 0 spiro atoms. The summed E-state index contributed by atoms with van der Waals surface area (Å²) in [4.78, 5) is 16.9. The van der Waals surface area contributed by atoms with Crippen LogP contribution in [0.1, 0.15) is 48.7 Å². The van der Waals surface area contributed by atoms with Crippen molar-refractivity contribution in [2.75, 3.05) is 18.5 Å². The topological polar surface area (TPSA) is 136 Å². The lowest BCUT2D eigenvalue weighted by Gasteiger charge is -2.27. The van der Waals surface area contributed by atoms with Gasteiger partial charge in [-0.05, 0) is 44.0 Å². The van der Waals surface area contributed by atoms with Crippen molar-refractivity contribution >= 4 is 27.6 Å². The Bertz CT molecular complexity index is 1110. The Morgan fingerprint density at radius 1 is 1.29 bits per heavy atom. The first-order chi connectivity index (χ1) is 14.6. The summed E-state index contributed by atoms with van der Waals surface area (Å²) in [6.45, 7) is 6.63. The monoisotopic (exact) mass is 445 g/mol. The Balaban J connectivity index is 1.70. The third-order valence-corrected chi connectivity index (χ3v) is 5.71. The van der Waals surface area contributed by atoms with Crippen molar-refractivity contribution in [3.8, 4) is 5.75 Å². The van der Waals surface area contributed by atoms with E-state index in [1.807, 2.05) is 20.8 Å². The summed E-state index contributed by atoms with van der Waals surface area (Å²) >= 11 is 0. The fraction of sp³-hybridized carbons (Fsp3) is 0.381. The van der Waals surface area contributed by atoms with Gasteiger partial charge in [-0.3, -0.25) is 4.79 Å². The fourth-order valence-corrected chi connectivity index (χ4v) is 4.22. The first-order valence-corrected chi connectivity index (χ1v) is 11.6. The lowest BCUT2D eigenvalue weighted by Crippen LogP contribution is -2.48. The summed E-state index contributed by atoms with van der Waals surface area (Å²) in [7, 11) is -3.62. The van der Waals surface area contributed by atoms with E-state index in [4.69, 9.17) is 10.5 Å². The number of hydrogen-bond donors (Lipinski definition) is 3. The van der Waals surface area contributed by atoms with E-state index in [0.29, 0.717) is 28.3 Å². The lowest BCUT2D eigenvalue weighted by atomic mass is 10.0. The molecule has 0 bridgehead atoms. The molecule has 4 N–H and O–H groups in total. The molecule has 0 aliphatic carbocycles. The van der Waals surface area contributed by atoms with Crippen molar-refractivity contribution in [1.82, 2.24) is 10.3 Å². The molecule has 0 atom stereocenters. The number of nitrogens with zero attached hydrogens (tertiary/aromatic N) is 2. The number of amidine groups is 1. The zero-order valence-corrected chi connectivity index (χ0v) is 18.6. The maximum absolute atomic E-state index is 12.7. The molecule has 1 amide bonds. The maximum Gasteiger partial charge on any atom is 0.259 e. The third-order valence-electron chi connectivity index (χ3n) is 4.56. The minimum absolute atomic E-state index is 0.0948. The van der Waals surface area contributed by atoms with E-state index >= 15 is 0 Å². The predicted octanol–water partition coefficient (Wildman–Crippen LogP) is 2.04. The van der Waals surface area contributed by atoms with Gasteiger partial charge in [-0.25, -0.2) is 13.4 Å². The molecule has 1 aliphatic heterocycles. The van der Waals surface area contributed by atoms with Crippen LogP contribution in [0, 0.1) is 0 Å². The number of fused-ring (bicyclic) bond motifs is 1. The average Bonchev–Trinajstić information content (AvgIpc) is 2.69. The number of rotatable bonds is 8. The maximum atomic E-state index is 12.7. The number of pyridine rings is 1. The molecule has 1 aromatic carbocycles. The van der Waals surface area contributed by atoms with E-state index in [0.717, 1.165) is 13.0 Å². The highest BCUT2D eigenvalue weighted by atomic mass is 32.2. The molecule has 2 aromatic rings. The molecule has 0 radical (unpaired) electrons. The molecule has 10 heteroatoms. The van der Waals surface area contributed by atoms with Crippen molar-refractivity contribution in [2.24, 2.45) is 10.1 Å². The van der Waals surface area contributed by atoms with Crippen LogP contribution in [-0.4, -0.2) is 43.8 Å². The number of ether oxygens (including phenoxy) is 1. The quantitative estimate of drug-likeness (QED) is 0.566. The molecule has 0 unspecified atom stereocenters. The molecule has 31 heavy (non-hydrogen) atoms. The zero-order valence-electron chi connectivity index (χ0n) is 17.8. The van der Waals surface area contributed by atoms with Crippen molar-refractivity contribution in [3.05, 3.63) is 53.2 Å². The number of aromatic nitrogens is 1. The van der Waals surface area contributed by atoms with Gasteiger partial charge in [-0.1, -0.05) is 19.1 Å². The van der Waals surface area contributed by atoms with E-state index in [-0.39, 0.29) is 24.1 Å². The number of nitrogens with one attached hydrogen (secondary N) is 2. The normalized spacial score (nSPS) is 14.9. The van der Waals surface area contributed by atoms with Crippen LogP contribution in [0.5, 0.6) is 5.75 Å². The molecule has 0 saturated heterocycles. The highest BCUT2D eigenvalue weighted by Crippen LogP contribution is 2.28.